The van der Waals surface area contributed by atoms with E-state index in [1.54, 1.807) is 6.92 Å². The van der Waals surface area contributed by atoms with Gasteiger partial charge in [-0.25, -0.2) is 9.78 Å². The average Bonchev–Trinajstić information content (AvgIpc) is 2.93. The predicted octanol–water partition coefficient (Wildman–Crippen LogP) is -1.75. The van der Waals surface area contributed by atoms with Gasteiger partial charge in [0.1, 0.15) is 24.1 Å². The Morgan fingerprint density at radius 2 is 2.25 bits per heavy atom. The first-order valence-corrected chi connectivity index (χ1v) is 6.13. The summed E-state index contributed by atoms with van der Waals surface area (Å²) in [6.07, 6.45) is -3.29. The zero-order valence-electron chi connectivity index (χ0n) is 10.8. The third-order valence-electron chi connectivity index (χ3n) is 3.09. The minimum atomic E-state index is -1.29. The third-order valence-corrected chi connectivity index (χ3v) is 3.09. The van der Waals surface area contributed by atoms with Gasteiger partial charge in [0, 0.05) is 0 Å². The van der Waals surface area contributed by atoms with Crippen LogP contribution in [-0.2, 0) is 9.47 Å². The Morgan fingerprint density at radius 1 is 1.55 bits per heavy atom. The Labute approximate surface area is 114 Å². The number of esters is 1. The fourth-order valence-corrected chi connectivity index (χ4v) is 2.04. The normalized spacial score (nSPS) is 29.6. The molecule has 1 aromatic heterocycles. The van der Waals surface area contributed by atoms with E-state index in [-0.39, 0.29) is 18.1 Å². The standard InChI is InChI=1S/C11H17N3O6/c1-2-19-11(18)6-9(12)14(4-13-6)10-8(17)7(16)5(3-15)20-10/h4-5,7-8,10,15-17H,2-3,12H2,1H3/t5-,7-,8+,10+/m1/s1. The summed E-state index contributed by atoms with van der Waals surface area (Å²) in [5, 5.41) is 28.6. The van der Waals surface area contributed by atoms with Crippen molar-refractivity contribution >= 4 is 11.8 Å². The second kappa shape index (κ2) is 5.75. The second-order valence-corrected chi connectivity index (χ2v) is 4.34. The molecule has 1 aromatic rings. The lowest BCUT2D eigenvalue weighted by Gasteiger charge is -2.17. The van der Waals surface area contributed by atoms with Crippen LogP contribution in [-0.4, -0.2) is 62.4 Å². The number of nitrogen functional groups attached to an aromatic ring is 1. The first-order chi connectivity index (χ1) is 9.51. The first kappa shape index (κ1) is 14.7. The number of nitrogens with two attached hydrogens (primary N) is 1. The largest absolute Gasteiger partial charge is 0.461 e. The van der Waals surface area contributed by atoms with Crippen molar-refractivity contribution in [2.24, 2.45) is 0 Å². The van der Waals surface area contributed by atoms with Crippen molar-refractivity contribution in [1.29, 1.82) is 0 Å². The number of carbonyl (C=O) groups excluding carboxylic acids is 1. The molecule has 0 aliphatic carbocycles. The fraction of sp³-hybridized carbons (Fsp3) is 0.636. The Balaban J connectivity index is 2.24. The van der Waals surface area contributed by atoms with Gasteiger partial charge in [-0.1, -0.05) is 0 Å². The Morgan fingerprint density at radius 3 is 2.80 bits per heavy atom. The topological polar surface area (TPSA) is 140 Å². The zero-order valence-corrected chi connectivity index (χ0v) is 10.8. The maximum absolute atomic E-state index is 11.6. The van der Waals surface area contributed by atoms with Crippen LogP contribution in [0.15, 0.2) is 6.33 Å². The maximum atomic E-state index is 11.6. The molecule has 0 amide bonds. The van der Waals surface area contributed by atoms with Crippen LogP contribution in [0.1, 0.15) is 23.6 Å². The van der Waals surface area contributed by atoms with E-state index in [0.717, 1.165) is 0 Å². The third kappa shape index (κ3) is 2.36. The molecule has 9 nitrogen and oxygen atoms in total. The minimum absolute atomic E-state index is 0.0433. The molecule has 0 bridgehead atoms. The molecule has 1 fully saturated rings. The van der Waals surface area contributed by atoms with E-state index in [9.17, 15) is 15.0 Å². The number of rotatable bonds is 4. The highest BCUT2D eigenvalue weighted by Crippen LogP contribution is 2.31. The predicted molar refractivity (Wildman–Crippen MR) is 65.6 cm³/mol. The van der Waals surface area contributed by atoms with E-state index in [2.05, 4.69) is 4.98 Å². The van der Waals surface area contributed by atoms with Gasteiger partial charge < -0.3 is 30.5 Å². The fourth-order valence-electron chi connectivity index (χ4n) is 2.04. The van der Waals surface area contributed by atoms with Crippen LogP contribution in [0.4, 0.5) is 5.82 Å². The number of hydrogen-bond acceptors (Lipinski definition) is 8. The average molecular weight is 287 g/mol. The minimum Gasteiger partial charge on any atom is -0.461 e. The molecule has 0 spiro atoms. The number of aromatic nitrogens is 2. The SMILES string of the molecule is CCOC(=O)c1ncn([C@H]2O[C@H](CO)[C@@H](O)[C@@H]2O)c1N. The first-order valence-electron chi connectivity index (χ1n) is 6.13. The van der Waals surface area contributed by atoms with Crippen LogP contribution in [0, 0.1) is 0 Å². The van der Waals surface area contributed by atoms with Gasteiger partial charge in [-0.05, 0) is 6.92 Å². The van der Waals surface area contributed by atoms with Crippen LogP contribution >= 0.6 is 0 Å². The Kier molecular flexibility index (Phi) is 4.23. The molecule has 5 N–H and O–H groups in total. The molecule has 112 valence electrons. The maximum Gasteiger partial charge on any atom is 0.360 e. The smallest absolute Gasteiger partial charge is 0.360 e. The van der Waals surface area contributed by atoms with Gasteiger partial charge in [0.2, 0.25) is 0 Å². The van der Waals surface area contributed by atoms with Crippen LogP contribution in [0.25, 0.3) is 0 Å². The number of anilines is 1. The summed E-state index contributed by atoms with van der Waals surface area (Å²) in [6, 6.07) is 0. The number of carbonyl (C=O) groups is 1. The van der Waals surface area contributed by atoms with Crippen molar-refractivity contribution in [1.82, 2.24) is 9.55 Å². The summed E-state index contributed by atoms with van der Waals surface area (Å²) in [5.41, 5.74) is 5.68. The summed E-state index contributed by atoms with van der Waals surface area (Å²) in [4.78, 5) is 15.4. The van der Waals surface area contributed by atoms with Gasteiger partial charge in [0.15, 0.2) is 11.9 Å². The number of aliphatic hydroxyl groups excluding tert-OH is 3. The summed E-state index contributed by atoms with van der Waals surface area (Å²) >= 11 is 0. The molecular formula is C11H17N3O6. The second-order valence-electron chi connectivity index (χ2n) is 4.34. The van der Waals surface area contributed by atoms with E-state index >= 15 is 0 Å². The number of ether oxygens (including phenoxy) is 2. The molecular weight excluding hydrogens is 270 g/mol. The molecule has 1 saturated heterocycles. The van der Waals surface area contributed by atoms with Crippen molar-refractivity contribution in [3.63, 3.8) is 0 Å². The lowest BCUT2D eigenvalue weighted by Crippen LogP contribution is -2.33. The lowest BCUT2D eigenvalue weighted by molar-refractivity contribution is -0.0518. The van der Waals surface area contributed by atoms with Gasteiger partial charge in [0.05, 0.1) is 19.5 Å². The van der Waals surface area contributed by atoms with E-state index in [0.29, 0.717) is 0 Å². The molecule has 2 rings (SSSR count). The molecule has 9 heteroatoms. The van der Waals surface area contributed by atoms with Crippen LogP contribution < -0.4 is 5.73 Å². The van der Waals surface area contributed by atoms with Crippen molar-refractivity contribution in [2.75, 3.05) is 18.9 Å². The van der Waals surface area contributed by atoms with Crippen molar-refractivity contribution in [3.05, 3.63) is 12.0 Å². The molecule has 2 heterocycles. The van der Waals surface area contributed by atoms with Gasteiger partial charge in [-0.15, -0.1) is 0 Å². The quantitative estimate of drug-likeness (QED) is 0.478. The summed E-state index contributed by atoms with van der Waals surface area (Å²) in [5.74, 6) is -0.728. The monoisotopic (exact) mass is 287 g/mol. The Hall–Kier alpha value is -1.68. The molecule has 20 heavy (non-hydrogen) atoms. The number of imidazole rings is 1. The van der Waals surface area contributed by atoms with Gasteiger partial charge >= 0.3 is 5.97 Å². The van der Waals surface area contributed by atoms with Gasteiger partial charge in [-0.2, -0.15) is 0 Å². The number of hydrogen-bond donors (Lipinski definition) is 4. The molecule has 4 atom stereocenters. The van der Waals surface area contributed by atoms with E-state index < -0.39 is 37.1 Å². The van der Waals surface area contributed by atoms with Crippen LogP contribution in [0.5, 0.6) is 0 Å². The van der Waals surface area contributed by atoms with Crippen LogP contribution in [0.3, 0.4) is 0 Å². The molecule has 0 unspecified atom stereocenters. The van der Waals surface area contributed by atoms with Crippen LogP contribution in [0.2, 0.25) is 0 Å². The Bertz CT molecular complexity index is 491. The lowest BCUT2D eigenvalue weighted by atomic mass is 10.1. The number of nitrogens with zero attached hydrogens (tertiary/aromatic N) is 2. The molecule has 0 saturated carbocycles. The van der Waals surface area contributed by atoms with E-state index in [1.807, 2.05) is 0 Å². The number of aliphatic hydroxyl groups is 3. The van der Waals surface area contributed by atoms with Crippen molar-refractivity contribution in [3.8, 4) is 0 Å². The van der Waals surface area contributed by atoms with Crippen molar-refractivity contribution < 1.29 is 29.6 Å². The molecule has 0 aromatic carbocycles. The zero-order chi connectivity index (χ0) is 14.9. The van der Waals surface area contributed by atoms with Crippen molar-refractivity contribution in [2.45, 2.75) is 31.5 Å². The summed E-state index contributed by atoms with van der Waals surface area (Å²) in [7, 11) is 0. The molecule has 1 aliphatic rings. The summed E-state index contributed by atoms with van der Waals surface area (Å²) < 4.78 is 11.3. The van der Waals surface area contributed by atoms with E-state index in [1.165, 1.54) is 10.9 Å². The molecule has 1 aliphatic heterocycles. The molecule has 0 radical (unpaired) electrons. The van der Waals surface area contributed by atoms with Gasteiger partial charge in [0.25, 0.3) is 0 Å². The summed E-state index contributed by atoms with van der Waals surface area (Å²) in [6.45, 7) is 1.38. The highest BCUT2D eigenvalue weighted by molar-refractivity contribution is 5.92. The van der Waals surface area contributed by atoms with E-state index in [4.69, 9.17) is 20.3 Å². The van der Waals surface area contributed by atoms with Gasteiger partial charge in [-0.3, -0.25) is 4.57 Å². The highest BCUT2D eigenvalue weighted by Gasteiger charge is 2.44. The highest BCUT2D eigenvalue weighted by atomic mass is 16.6.